The molecule has 1 aromatic carbocycles. The molecule has 0 bridgehead atoms. The molecule has 2 N–H and O–H groups in total. The molecule has 1 aliphatic heterocycles. The standard InChI is InChI=1S/C16H21N3O2/c1-3-10(2)14(17)16-18-15(19-21-16)12-8-11-6-4-5-7-13(11)20-9-12/h4-7,10,12,14H,3,8-9,17H2,1-2H3/t10?,12?,14-/m0/s1. The molecule has 0 radical (unpaired) electrons. The number of nitrogens with zero attached hydrogens (tertiary/aromatic N) is 2. The molecule has 1 aromatic heterocycles. The number of ether oxygens (including phenoxy) is 1. The van der Waals surface area contributed by atoms with Gasteiger partial charge in [-0.15, -0.1) is 0 Å². The van der Waals surface area contributed by atoms with Crippen LogP contribution in [0.15, 0.2) is 28.8 Å². The van der Waals surface area contributed by atoms with Gasteiger partial charge in [0.25, 0.3) is 0 Å². The van der Waals surface area contributed by atoms with E-state index < -0.39 is 0 Å². The molecular weight excluding hydrogens is 266 g/mol. The van der Waals surface area contributed by atoms with Crippen LogP contribution < -0.4 is 10.5 Å². The van der Waals surface area contributed by atoms with Crippen molar-refractivity contribution in [3.05, 3.63) is 41.5 Å². The molecule has 0 spiro atoms. The Morgan fingerprint density at radius 2 is 2.19 bits per heavy atom. The summed E-state index contributed by atoms with van der Waals surface area (Å²) in [6.07, 6.45) is 1.85. The molecule has 0 saturated heterocycles. The van der Waals surface area contributed by atoms with Gasteiger partial charge in [0.05, 0.1) is 18.6 Å². The van der Waals surface area contributed by atoms with Crippen molar-refractivity contribution in [2.45, 2.75) is 38.6 Å². The van der Waals surface area contributed by atoms with Gasteiger partial charge in [-0.1, -0.05) is 43.6 Å². The highest BCUT2D eigenvalue weighted by Gasteiger charge is 2.27. The van der Waals surface area contributed by atoms with Gasteiger partial charge >= 0.3 is 0 Å². The first-order valence-electron chi connectivity index (χ1n) is 7.48. The van der Waals surface area contributed by atoms with Crippen molar-refractivity contribution in [3.8, 4) is 5.75 Å². The molecule has 21 heavy (non-hydrogen) atoms. The van der Waals surface area contributed by atoms with Crippen LogP contribution in [-0.2, 0) is 6.42 Å². The molecule has 2 aromatic rings. The van der Waals surface area contributed by atoms with Crippen LogP contribution in [0, 0.1) is 5.92 Å². The number of hydrogen-bond donors (Lipinski definition) is 1. The van der Waals surface area contributed by atoms with Crippen LogP contribution in [0.4, 0.5) is 0 Å². The number of rotatable bonds is 4. The van der Waals surface area contributed by atoms with Crippen LogP contribution in [-0.4, -0.2) is 16.7 Å². The van der Waals surface area contributed by atoms with E-state index >= 15 is 0 Å². The van der Waals surface area contributed by atoms with Crippen molar-refractivity contribution >= 4 is 0 Å². The molecule has 5 heteroatoms. The molecule has 0 amide bonds. The lowest BCUT2D eigenvalue weighted by Crippen LogP contribution is -2.21. The van der Waals surface area contributed by atoms with Gasteiger partial charge < -0.3 is 15.0 Å². The Morgan fingerprint density at radius 1 is 1.38 bits per heavy atom. The molecular formula is C16H21N3O2. The zero-order valence-electron chi connectivity index (χ0n) is 12.5. The SMILES string of the molecule is CCC(C)[C@H](N)c1nc(C2COc3ccccc3C2)no1. The van der Waals surface area contributed by atoms with Crippen LogP contribution in [0.5, 0.6) is 5.75 Å². The third kappa shape index (κ3) is 2.78. The second-order valence-electron chi connectivity index (χ2n) is 5.72. The van der Waals surface area contributed by atoms with Gasteiger partial charge in [-0.05, 0) is 24.0 Å². The zero-order chi connectivity index (χ0) is 14.8. The van der Waals surface area contributed by atoms with Gasteiger partial charge in [0.2, 0.25) is 5.89 Å². The van der Waals surface area contributed by atoms with E-state index in [1.807, 2.05) is 18.2 Å². The number of hydrogen-bond acceptors (Lipinski definition) is 5. The lowest BCUT2D eigenvalue weighted by Gasteiger charge is -2.22. The van der Waals surface area contributed by atoms with Gasteiger partial charge in [0.1, 0.15) is 5.75 Å². The number of fused-ring (bicyclic) bond motifs is 1. The minimum Gasteiger partial charge on any atom is -0.493 e. The summed E-state index contributed by atoms with van der Waals surface area (Å²) in [6, 6.07) is 7.87. The monoisotopic (exact) mass is 287 g/mol. The van der Waals surface area contributed by atoms with E-state index in [-0.39, 0.29) is 12.0 Å². The topological polar surface area (TPSA) is 74.2 Å². The molecule has 112 valence electrons. The van der Waals surface area contributed by atoms with Gasteiger partial charge in [-0.2, -0.15) is 4.98 Å². The first kappa shape index (κ1) is 14.1. The minimum absolute atomic E-state index is 0.126. The first-order valence-corrected chi connectivity index (χ1v) is 7.48. The zero-order valence-corrected chi connectivity index (χ0v) is 12.5. The summed E-state index contributed by atoms with van der Waals surface area (Å²) >= 11 is 0. The average Bonchev–Trinajstić information content (AvgIpc) is 3.02. The van der Waals surface area contributed by atoms with Gasteiger partial charge in [-0.25, -0.2) is 0 Å². The second-order valence-corrected chi connectivity index (χ2v) is 5.72. The fraction of sp³-hybridized carbons (Fsp3) is 0.500. The molecule has 0 aliphatic carbocycles. The van der Waals surface area contributed by atoms with Crippen molar-refractivity contribution in [1.29, 1.82) is 0 Å². The highest BCUT2D eigenvalue weighted by molar-refractivity contribution is 5.36. The van der Waals surface area contributed by atoms with Gasteiger partial charge in [-0.3, -0.25) is 0 Å². The molecule has 0 saturated carbocycles. The van der Waals surface area contributed by atoms with E-state index in [2.05, 4.69) is 30.1 Å². The number of aromatic nitrogens is 2. The Kier molecular flexibility index (Phi) is 3.92. The summed E-state index contributed by atoms with van der Waals surface area (Å²) in [5, 5.41) is 4.10. The van der Waals surface area contributed by atoms with E-state index in [0.717, 1.165) is 18.6 Å². The van der Waals surface area contributed by atoms with E-state index in [1.54, 1.807) is 0 Å². The van der Waals surface area contributed by atoms with Crippen molar-refractivity contribution in [3.63, 3.8) is 0 Å². The Balaban J connectivity index is 1.76. The Bertz CT molecular complexity index is 611. The average molecular weight is 287 g/mol. The number of benzene rings is 1. The van der Waals surface area contributed by atoms with Crippen LogP contribution in [0.3, 0.4) is 0 Å². The molecule has 3 rings (SSSR count). The van der Waals surface area contributed by atoms with E-state index in [1.165, 1.54) is 5.56 Å². The van der Waals surface area contributed by atoms with Crippen LogP contribution in [0.25, 0.3) is 0 Å². The van der Waals surface area contributed by atoms with Crippen molar-refractivity contribution < 1.29 is 9.26 Å². The maximum absolute atomic E-state index is 6.14. The normalized spacial score (nSPS) is 20.4. The third-order valence-electron chi connectivity index (χ3n) is 4.24. The Labute approximate surface area is 124 Å². The number of nitrogens with two attached hydrogens (primary N) is 1. The third-order valence-corrected chi connectivity index (χ3v) is 4.24. The molecule has 3 atom stereocenters. The summed E-state index contributed by atoms with van der Waals surface area (Å²) < 4.78 is 11.1. The lowest BCUT2D eigenvalue weighted by atomic mass is 9.96. The highest BCUT2D eigenvalue weighted by Crippen LogP contribution is 2.31. The Hall–Kier alpha value is -1.88. The fourth-order valence-electron chi connectivity index (χ4n) is 2.54. The van der Waals surface area contributed by atoms with Crippen LogP contribution in [0.1, 0.15) is 49.5 Å². The highest BCUT2D eigenvalue weighted by atomic mass is 16.5. The van der Waals surface area contributed by atoms with Crippen LogP contribution in [0.2, 0.25) is 0 Å². The summed E-state index contributed by atoms with van der Waals surface area (Å²) in [5.41, 5.74) is 7.33. The van der Waals surface area contributed by atoms with Gasteiger partial charge in [0, 0.05) is 0 Å². The van der Waals surface area contributed by atoms with Crippen LogP contribution >= 0.6 is 0 Å². The maximum Gasteiger partial charge on any atom is 0.243 e. The van der Waals surface area contributed by atoms with Gasteiger partial charge in [0.15, 0.2) is 5.82 Å². The Morgan fingerprint density at radius 3 is 3.00 bits per heavy atom. The minimum atomic E-state index is -0.201. The first-order chi connectivity index (χ1) is 10.2. The second kappa shape index (κ2) is 5.85. The van der Waals surface area contributed by atoms with Crippen molar-refractivity contribution in [2.75, 3.05) is 6.61 Å². The molecule has 2 heterocycles. The van der Waals surface area contributed by atoms with E-state index in [0.29, 0.717) is 24.2 Å². The maximum atomic E-state index is 6.14. The predicted molar refractivity (Wildman–Crippen MR) is 79.1 cm³/mol. The van der Waals surface area contributed by atoms with Crippen molar-refractivity contribution in [2.24, 2.45) is 11.7 Å². The summed E-state index contributed by atoms with van der Waals surface area (Å²) in [4.78, 5) is 4.49. The largest absolute Gasteiger partial charge is 0.493 e. The fourth-order valence-corrected chi connectivity index (χ4v) is 2.54. The van der Waals surface area contributed by atoms with Crippen molar-refractivity contribution in [1.82, 2.24) is 10.1 Å². The molecule has 5 nitrogen and oxygen atoms in total. The lowest BCUT2D eigenvalue weighted by molar-refractivity contribution is 0.252. The molecule has 2 unspecified atom stereocenters. The quantitative estimate of drug-likeness (QED) is 0.936. The summed E-state index contributed by atoms with van der Waals surface area (Å²) in [7, 11) is 0. The van der Waals surface area contributed by atoms with E-state index in [9.17, 15) is 0 Å². The summed E-state index contributed by atoms with van der Waals surface area (Å²) in [5.74, 6) is 2.62. The predicted octanol–water partition coefficient (Wildman–Crippen LogP) is 2.83. The molecule has 0 fully saturated rings. The smallest absolute Gasteiger partial charge is 0.243 e. The summed E-state index contributed by atoms with van der Waals surface area (Å²) in [6.45, 7) is 4.77. The number of para-hydroxylation sites is 1. The molecule has 1 aliphatic rings. The van der Waals surface area contributed by atoms with E-state index in [4.69, 9.17) is 15.0 Å².